The number of allylic oxidation sites excluding steroid dienone is 1. The third-order valence-electron chi connectivity index (χ3n) is 2.29. The summed E-state index contributed by atoms with van der Waals surface area (Å²) in [6.45, 7) is 1.89. The fourth-order valence-electron chi connectivity index (χ4n) is 1.48. The van der Waals surface area contributed by atoms with Gasteiger partial charge in [-0.05, 0) is 12.5 Å². The number of hydrogen-bond acceptors (Lipinski definition) is 3. The first kappa shape index (κ1) is 11.0. The van der Waals surface area contributed by atoms with E-state index in [1.165, 1.54) is 17.8 Å². The molecule has 3 nitrogen and oxygen atoms in total. The number of nitrogens with one attached hydrogen (secondary N) is 1. The van der Waals surface area contributed by atoms with Gasteiger partial charge in [-0.1, -0.05) is 36.0 Å². The number of hydrogen-bond donors (Lipinski definition) is 1. The first-order valence-corrected chi connectivity index (χ1v) is 5.89. The minimum absolute atomic E-state index is 0.0474. The van der Waals surface area contributed by atoms with Crippen LogP contribution < -0.4 is 5.32 Å². The van der Waals surface area contributed by atoms with Gasteiger partial charge in [-0.25, -0.2) is 0 Å². The molecule has 4 heteroatoms. The number of amides is 1. The van der Waals surface area contributed by atoms with Gasteiger partial charge in [0.1, 0.15) is 0 Å². The molecule has 1 aromatic rings. The molecule has 1 amide bonds. The van der Waals surface area contributed by atoms with Gasteiger partial charge >= 0.3 is 0 Å². The maximum absolute atomic E-state index is 11.9. The molecule has 1 aliphatic heterocycles. The van der Waals surface area contributed by atoms with Crippen LogP contribution in [0, 0.1) is 6.92 Å². The molecule has 0 unspecified atom stereocenters. The van der Waals surface area contributed by atoms with E-state index in [0.717, 1.165) is 5.56 Å². The zero-order valence-electron chi connectivity index (χ0n) is 8.82. The molecule has 1 aromatic carbocycles. The van der Waals surface area contributed by atoms with E-state index in [1.54, 1.807) is 6.07 Å². The lowest BCUT2D eigenvalue weighted by Crippen LogP contribution is -2.14. The zero-order valence-corrected chi connectivity index (χ0v) is 9.64. The van der Waals surface area contributed by atoms with E-state index in [-0.39, 0.29) is 11.7 Å². The molecule has 0 atom stereocenters. The second-order valence-corrected chi connectivity index (χ2v) is 4.54. The topological polar surface area (TPSA) is 46.2 Å². The largest absolute Gasteiger partial charge is 0.320 e. The highest BCUT2D eigenvalue weighted by molar-refractivity contribution is 8.04. The van der Waals surface area contributed by atoms with Gasteiger partial charge in [0, 0.05) is 11.6 Å². The Kier molecular flexibility index (Phi) is 3.10. The molecule has 1 heterocycles. The zero-order chi connectivity index (χ0) is 11.5. The van der Waals surface area contributed by atoms with E-state index < -0.39 is 0 Å². The Morgan fingerprint density at radius 1 is 1.44 bits per heavy atom. The van der Waals surface area contributed by atoms with E-state index in [9.17, 15) is 9.59 Å². The highest BCUT2D eigenvalue weighted by Gasteiger charge is 2.16. The summed E-state index contributed by atoms with van der Waals surface area (Å²) >= 11 is 1.36. The molecule has 16 heavy (non-hydrogen) atoms. The molecule has 1 fully saturated rings. The molecule has 2 rings (SSSR count). The lowest BCUT2D eigenvalue weighted by atomic mass is 10.1. The van der Waals surface area contributed by atoms with Gasteiger partial charge in [0.25, 0.3) is 0 Å². The standard InChI is InChI=1S/C12H11NO2S/c1-8-4-2-3-5-9(8)10(14)6-12-13-11(15)7-16-12/h2-6H,7H2,1H3,(H,13,15)/b12-6-. The molecule has 0 radical (unpaired) electrons. The quantitative estimate of drug-likeness (QED) is 0.626. The van der Waals surface area contributed by atoms with Crippen molar-refractivity contribution in [3.63, 3.8) is 0 Å². The summed E-state index contributed by atoms with van der Waals surface area (Å²) in [7, 11) is 0. The van der Waals surface area contributed by atoms with Gasteiger partial charge in [-0.15, -0.1) is 0 Å². The van der Waals surface area contributed by atoms with Crippen molar-refractivity contribution in [2.45, 2.75) is 6.92 Å². The fourth-order valence-corrected chi connectivity index (χ4v) is 2.21. The molecule has 1 saturated heterocycles. The predicted octanol–water partition coefficient (Wildman–Crippen LogP) is 1.88. The monoisotopic (exact) mass is 233 g/mol. The van der Waals surface area contributed by atoms with Crippen molar-refractivity contribution >= 4 is 23.5 Å². The SMILES string of the molecule is Cc1ccccc1C(=O)/C=C1/NC(=O)CS1. The summed E-state index contributed by atoms with van der Waals surface area (Å²) in [5.74, 6) is 0.281. The maximum Gasteiger partial charge on any atom is 0.235 e. The van der Waals surface area contributed by atoms with Gasteiger partial charge in [-0.3, -0.25) is 9.59 Å². The Morgan fingerprint density at radius 2 is 2.19 bits per heavy atom. The number of carbonyl (C=O) groups excluding carboxylic acids is 2. The third-order valence-corrected chi connectivity index (χ3v) is 3.23. The number of carbonyl (C=O) groups is 2. The molecule has 0 aromatic heterocycles. The molecule has 82 valence electrons. The van der Waals surface area contributed by atoms with Crippen LogP contribution in [-0.2, 0) is 4.79 Å². The summed E-state index contributed by atoms with van der Waals surface area (Å²) in [4.78, 5) is 22.8. The maximum atomic E-state index is 11.9. The van der Waals surface area contributed by atoms with Crippen molar-refractivity contribution in [3.05, 3.63) is 46.5 Å². The first-order chi connectivity index (χ1) is 7.66. The molecular weight excluding hydrogens is 222 g/mol. The van der Waals surface area contributed by atoms with Crippen LogP contribution in [0.2, 0.25) is 0 Å². The Balaban J connectivity index is 2.21. The van der Waals surface area contributed by atoms with E-state index in [4.69, 9.17) is 0 Å². The smallest absolute Gasteiger partial charge is 0.235 e. The Morgan fingerprint density at radius 3 is 2.81 bits per heavy atom. The van der Waals surface area contributed by atoms with Crippen molar-refractivity contribution in [2.75, 3.05) is 5.75 Å². The van der Waals surface area contributed by atoms with Crippen LogP contribution in [0.5, 0.6) is 0 Å². The average Bonchev–Trinajstić information content (AvgIpc) is 2.64. The molecule has 0 bridgehead atoms. The summed E-state index contributed by atoms with van der Waals surface area (Å²) < 4.78 is 0. The van der Waals surface area contributed by atoms with Crippen LogP contribution in [0.3, 0.4) is 0 Å². The molecule has 0 saturated carbocycles. The summed E-state index contributed by atoms with van der Waals surface area (Å²) in [5.41, 5.74) is 1.62. The fraction of sp³-hybridized carbons (Fsp3) is 0.167. The Labute approximate surface area is 97.9 Å². The van der Waals surface area contributed by atoms with Crippen LogP contribution in [0.25, 0.3) is 0 Å². The lowest BCUT2D eigenvalue weighted by molar-refractivity contribution is -0.117. The van der Waals surface area contributed by atoms with Gasteiger partial charge in [0.05, 0.1) is 10.8 Å². The molecule has 1 aliphatic rings. The van der Waals surface area contributed by atoms with E-state index >= 15 is 0 Å². The van der Waals surface area contributed by atoms with Gasteiger partial charge in [-0.2, -0.15) is 0 Å². The average molecular weight is 233 g/mol. The van der Waals surface area contributed by atoms with Gasteiger partial charge in [0.15, 0.2) is 5.78 Å². The van der Waals surface area contributed by atoms with Crippen LogP contribution in [0.1, 0.15) is 15.9 Å². The van der Waals surface area contributed by atoms with E-state index in [0.29, 0.717) is 16.3 Å². The lowest BCUT2D eigenvalue weighted by Gasteiger charge is -2.01. The predicted molar refractivity (Wildman–Crippen MR) is 64.2 cm³/mol. The number of aryl methyl sites for hydroxylation is 1. The van der Waals surface area contributed by atoms with Crippen LogP contribution >= 0.6 is 11.8 Å². The van der Waals surface area contributed by atoms with Crippen molar-refractivity contribution in [2.24, 2.45) is 0 Å². The molecule has 0 spiro atoms. The van der Waals surface area contributed by atoms with Crippen molar-refractivity contribution in [1.29, 1.82) is 0 Å². The number of thioether (sulfide) groups is 1. The first-order valence-electron chi connectivity index (χ1n) is 4.91. The minimum atomic E-state index is -0.0669. The number of benzene rings is 1. The third kappa shape index (κ3) is 2.33. The van der Waals surface area contributed by atoms with Crippen LogP contribution in [0.4, 0.5) is 0 Å². The Bertz CT molecular complexity index is 480. The Hall–Kier alpha value is -1.55. The van der Waals surface area contributed by atoms with Crippen LogP contribution in [0.15, 0.2) is 35.4 Å². The van der Waals surface area contributed by atoms with Gasteiger partial charge < -0.3 is 5.32 Å². The summed E-state index contributed by atoms with van der Waals surface area (Å²) in [5, 5.41) is 3.28. The van der Waals surface area contributed by atoms with E-state index in [2.05, 4.69) is 5.32 Å². The number of ketones is 1. The second kappa shape index (κ2) is 4.53. The molecule has 0 aliphatic carbocycles. The summed E-state index contributed by atoms with van der Waals surface area (Å²) in [6, 6.07) is 7.41. The normalized spacial score (nSPS) is 17.6. The molecule has 1 N–H and O–H groups in total. The summed E-state index contributed by atoms with van der Waals surface area (Å²) in [6.07, 6.45) is 1.48. The highest BCUT2D eigenvalue weighted by Crippen LogP contribution is 2.20. The minimum Gasteiger partial charge on any atom is -0.320 e. The van der Waals surface area contributed by atoms with Gasteiger partial charge in [0.2, 0.25) is 5.91 Å². The molecular formula is C12H11NO2S. The highest BCUT2D eigenvalue weighted by atomic mass is 32.2. The second-order valence-electron chi connectivity index (χ2n) is 3.52. The van der Waals surface area contributed by atoms with Crippen molar-refractivity contribution in [3.8, 4) is 0 Å². The number of rotatable bonds is 2. The van der Waals surface area contributed by atoms with Crippen molar-refractivity contribution in [1.82, 2.24) is 5.32 Å². The van der Waals surface area contributed by atoms with Crippen LogP contribution in [-0.4, -0.2) is 17.4 Å². The van der Waals surface area contributed by atoms with Crippen molar-refractivity contribution < 1.29 is 9.59 Å². The van der Waals surface area contributed by atoms with E-state index in [1.807, 2.05) is 25.1 Å².